The van der Waals surface area contributed by atoms with Crippen molar-refractivity contribution in [3.05, 3.63) is 77.1 Å². The molecule has 1 aliphatic rings. The van der Waals surface area contributed by atoms with Gasteiger partial charge in [-0.15, -0.1) is 0 Å². The zero-order valence-electron chi connectivity index (χ0n) is 23.4. The number of aromatic nitrogens is 1. The second kappa shape index (κ2) is 12.3. The molecule has 1 N–H and O–H groups in total. The number of amides is 1. The van der Waals surface area contributed by atoms with Crippen molar-refractivity contribution in [3.63, 3.8) is 0 Å². The fourth-order valence-electron chi connectivity index (χ4n) is 4.57. The number of carbonyl (C=O) groups is 1. The van der Waals surface area contributed by atoms with Crippen LogP contribution in [0.1, 0.15) is 41.0 Å². The molecule has 1 aliphatic heterocycles. The maximum atomic E-state index is 13.4. The molecule has 1 aromatic heterocycles. The highest BCUT2D eigenvalue weighted by atomic mass is 32.2. The normalized spacial score (nSPS) is 14.8. The van der Waals surface area contributed by atoms with Crippen LogP contribution in [0.2, 0.25) is 0 Å². The molecule has 0 unspecified atom stereocenters. The first-order valence-corrected chi connectivity index (χ1v) is 14.5. The van der Waals surface area contributed by atoms with Crippen LogP contribution >= 0.6 is 0 Å². The van der Waals surface area contributed by atoms with E-state index in [9.17, 15) is 22.0 Å². The van der Waals surface area contributed by atoms with Gasteiger partial charge in [0.05, 0.1) is 29.7 Å². The summed E-state index contributed by atoms with van der Waals surface area (Å²) in [6.45, 7) is 6.90. The highest BCUT2D eigenvalue weighted by Crippen LogP contribution is 2.31. The molecule has 218 valence electrons. The fourth-order valence-corrected chi connectivity index (χ4v) is 5.84. The average molecular weight is 586 g/mol. The van der Waals surface area contributed by atoms with Gasteiger partial charge in [-0.3, -0.25) is 24.4 Å². The molecule has 0 saturated carbocycles. The number of sulfonamides is 1. The van der Waals surface area contributed by atoms with Crippen molar-refractivity contribution in [2.45, 2.75) is 38.1 Å². The van der Waals surface area contributed by atoms with Crippen molar-refractivity contribution in [2.75, 3.05) is 38.0 Å². The third kappa shape index (κ3) is 7.06. The molecule has 1 saturated heterocycles. The third-order valence-electron chi connectivity index (χ3n) is 6.81. The first-order valence-electron chi connectivity index (χ1n) is 13.1. The summed E-state index contributed by atoms with van der Waals surface area (Å²) in [7, 11) is -2.55. The molecule has 12 heteroatoms. The molecular weight excluding hydrogens is 552 g/mol. The molecule has 0 atom stereocenters. The number of hydrogen-bond donors (Lipinski definition) is 1. The van der Waals surface area contributed by atoms with Gasteiger partial charge in [-0.05, 0) is 49.7 Å². The van der Waals surface area contributed by atoms with E-state index in [4.69, 9.17) is 4.74 Å². The molecule has 2 heterocycles. The second-order valence-corrected chi connectivity index (χ2v) is 11.5. The van der Waals surface area contributed by atoms with Gasteiger partial charge >= 0.3 is 0 Å². The molecule has 0 spiro atoms. The van der Waals surface area contributed by atoms with E-state index in [2.05, 4.69) is 19.6 Å². The van der Waals surface area contributed by atoms with Gasteiger partial charge in [0.1, 0.15) is 10.6 Å². The van der Waals surface area contributed by atoms with Crippen molar-refractivity contribution in [3.8, 4) is 5.75 Å². The largest absolute Gasteiger partial charge is 0.496 e. The lowest BCUT2D eigenvalue weighted by Crippen LogP contribution is -2.48. The second-order valence-electron chi connectivity index (χ2n) is 9.82. The molecule has 1 fully saturated rings. The van der Waals surface area contributed by atoms with Crippen molar-refractivity contribution < 1.29 is 26.7 Å². The van der Waals surface area contributed by atoms with E-state index in [0.29, 0.717) is 49.7 Å². The van der Waals surface area contributed by atoms with E-state index in [1.54, 1.807) is 43.0 Å². The lowest BCUT2D eigenvalue weighted by atomic mass is 10.1. The van der Waals surface area contributed by atoms with E-state index in [1.165, 1.54) is 43.8 Å². The van der Waals surface area contributed by atoms with Gasteiger partial charge in [-0.1, -0.05) is 12.1 Å². The number of pyridine rings is 1. The van der Waals surface area contributed by atoms with Crippen LogP contribution in [0.4, 0.5) is 20.2 Å². The number of aliphatic imine (C=N–C) groups is 1. The highest BCUT2D eigenvalue weighted by molar-refractivity contribution is 7.92. The Hall–Kier alpha value is -3.90. The Bertz CT molecular complexity index is 1530. The predicted octanol–water partition coefficient (Wildman–Crippen LogP) is 4.99. The maximum absolute atomic E-state index is 13.4. The molecule has 41 heavy (non-hydrogen) atoms. The molecule has 1 amide bonds. The molecule has 0 radical (unpaired) electrons. The standard InChI is InChI=1S/C29H33F2N5O4S/c1-5-32-27-20(2)7-6-8-26(27)41(38,39)34-22-11-12-24(25(17-22)40-4)28(37)36-15-13-35(14-16-36)19-23-10-9-21(18-33-23)29(3,30)31/h5-12,17-18,34H,13-16,19H2,1-4H3/b32-5-. The van der Waals surface area contributed by atoms with E-state index >= 15 is 0 Å². The zero-order valence-corrected chi connectivity index (χ0v) is 24.2. The highest BCUT2D eigenvalue weighted by Gasteiger charge is 2.27. The number of piperazine rings is 1. The number of anilines is 1. The summed E-state index contributed by atoms with van der Waals surface area (Å²) in [5, 5.41) is 0. The first kappa shape index (κ1) is 30.1. The van der Waals surface area contributed by atoms with Crippen LogP contribution in [0.25, 0.3) is 0 Å². The van der Waals surface area contributed by atoms with Crippen LogP contribution in [0.5, 0.6) is 5.75 Å². The minimum Gasteiger partial charge on any atom is -0.496 e. The lowest BCUT2D eigenvalue weighted by Gasteiger charge is -2.34. The van der Waals surface area contributed by atoms with E-state index in [0.717, 1.165) is 12.5 Å². The molecule has 3 aromatic rings. The van der Waals surface area contributed by atoms with Crippen LogP contribution in [-0.4, -0.2) is 68.6 Å². The number of para-hydroxylation sites is 1. The first-order chi connectivity index (χ1) is 19.4. The Labute approximate surface area is 238 Å². The summed E-state index contributed by atoms with van der Waals surface area (Å²) in [6, 6.07) is 12.5. The topological polar surface area (TPSA) is 104 Å². The Morgan fingerprint density at radius 3 is 2.49 bits per heavy atom. The number of aryl methyl sites for hydroxylation is 1. The quantitative estimate of drug-likeness (QED) is 0.355. The molecule has 0 aliphatic carbocycles. The number of benzene rings is 2. The number of carbonyl (C=O) groups excluding carboxylic acids is 1. The molecule has 4 rings (SSSR count). The SMILES string of the molecule is C/C=N\c1c(C)cccc1S(=O)(=O)Nc1ccc(C(=O)N2CCN(Cc3ccc(C(C)(F)F)cn3)CC2)c(OC)c1. The van der Waals surface area contributed by atoms with E-state index in [-0.39, 0.29) is 27.8 Å². The number of ether oxygens (including phenoxy) is 1. The Morgan fingerprint density at radius 2 is 1.88 bits per heavy atom. The Kier molecular flexibility index (Phi) is 9.03. The van der Waals surface area contributed by atoms with Crippen LogP contribution in [0, 0.1) is 6.92 Å². The van der Waals surface area contributed by atoms with Gasteiger partial charge in [0.25, 0.3) is 21.9 Å². The van der Waals surface area contributed by atoms with Gasteiger partial charge < -0.3 is 9.64 Å². The van der Waals surface area contributed by atoms with Crippen molar-refractivity contribution in [2.24, 2.45) is 4.99 Å². The third-order valence-corrected chi connectivity index (χ3v) is 8.22. The van der Waals surface area contributed by atoms with Gasteiger partial charge in [-0.25, -0.2) is 17.2 Å². The number of halogens is 2. The average Bonchev–Trinajstić information content (AvgIpc) is 2.93. The summed E-state index contributed by atoms with van der Waals surface area (Å²) < 4.78 is 61.3. The number of hydrogen-bond acceptors (Lipinski definition) is 7. The minimum atomic E-state index is -3.97. The smallest absolute Gasteiger partial charge is 0.272 e. The molecule has 2 aromatic carbocycles. The summed E-state index contributed by atoms with van der Waals surface area (Å²) in [6.07, 6.45) is 2.73. The summed E-state index contributed by atoms with van der Waals surface area (Å²) in [5.41, 5.74) is 2.19. The Morgan fingerprint density at radius 1 is 1.15 bits per heavy atom. The van der Waals surface area contributed by atoms with Gasteiger partial charge in [-0.2, -0.15) is 0 Å². The Balaban J connectivity index is 1.42. The maximum Gasteiger partial charge on any atom is 0.272 e. The number of nitrogens with zero attached hydrogens (tertiary/aromatic N) is 4. The number of alkyl halides is 2. The molecule has 9 nitrogen and oxygen atoms in total. The van der Waals surface area contributed by atoms with Crippen LogP contribution in [0.15, 0.2) is 64.6 Å². The summed E-state index contributed by atoms with van der Waals surface area (Å²) in [5.74, 6) is -2.93. The monoisotopic (exact) mass is 585 g/mol. The van der Waals surface area contributed by atoms with Crippen molar-refractivity contribution >= 4 is 33.5 Å². The van der Waals surface area contributed by atoms with Crippen molar-refractivity contribution in [1.29, 1.82) is 0 Å². The summed E-state index contributed by atoms with van der Waals surface area (Å²) >= 11 is 0. The van der Waals surface area contributed by atoms with Gasteiger partial charge in [0.15, 0.2) is 0 Å². The molecule has 0 bridgehead atoms. The number of methoxy groups -OCH3 is 1. The predicted molar refractivity (Wildman–Crippen MR) is 154 cm³/mol. The van der Waals surface area contributed by atoms with E-state index in [1.807, 2.05) is 0 Å². The summed E-state index contributed by atoms with van der Waals surface area (Å²) in [4.78, 5) is 25.6. The van der Waals surface area contributed by atoms with Crippen LogP contribution in [-0.2, 0) is 22.5 Å². The zero-order chi connectivity index (χ0) is 29.8. The lowest BCUT2D eigenvalue weighted by molar-refractivity contribution is 0.0170. The van der Waals surface area contributed by atoms with E-state index < -0.39 is 15.9 Å². The van der Waals surface area contributed by atoms with Crippen LogP contribution in [0.3, 0.4) is 0 Å². The van der Waals surface area contributed by atoms with Crippen LogP contribution < -0.4 is 9.46 Å². The van der Waals surface area contributed by atoms with Gasteiger partial charge in [0, 0.05) is 63.7 Å². The number of rotatable bonds is 9. The minimum absolute atomic E-state index is 0.0436. The number of nitrogens with one attached hydrogen (secondary N) is 1. The fraction of sp³-hybridized carbons (Fsp3) is 0.345. The van der Waals surface area contributed by atoms with Crippen molar-refractivity contribution in [1.82, 2.24) is 14.8 Å². The van der Waals surface area contributed by atoms with Gasteiger partial charge in [0.2, 0.25) is 0 Å². The molecular formula is C29H33F2N5O4S.